The summed E-state index contributed by atoms with van der Waals surface area (Å²) in [5, 5.41) is 5.74. The second-order valence-electron chi connectivity index (χ2n) is 6.56. The number of nitrogens with one attached hydrogen (secondary N) is 2. The molecule has 0 saturated heterocycles. The molecule has 0 bridgehead atoms. The Morgan fingerprint density at radius 3 is 2.50 bits per heavy atom. The molecule has 2 heterocycles. The first-order valence-electron chi connectivity index (χ1n) is 9.92. The number of nitrogens with zero attached hydrogens (tertiary/aromatic N) is 1. The fraction of sp³-hybridized carbons (Fsp3) is 0.273. The Balaban J connectivity index is 1.92. The van der Waals surface area contributed by atoms with Crippen LogP contribution in [-0.2, 0) is 14.3 Å². The van der Waals surface area contributed by atoms with E-state index in [0.717, 1.165) is 0 Å². The highest BCUT2D eigenvalue weighted by atomic mass is 35.5. The molecule has 1 aromatic heterocycles. The zero-order valence-corrected chi connectivity index (χ0v) is 18.3. The lowest BCUT2D eigenvalue weighted by Crippen LogP contribution is -2.47. The maximum Gasteiger partial charge on any atom is 0.344 e. The van der Waals surface area contributed by atoms with Crippen molar-refractivity contribution in [3.63, 3.8) is 0 Å². The number of carbonyl (C=O) groups is 3. The molecule has 3 rings (SSSR count). The van der Waals surface area contributed by atoms with Gasteiger partial charge < -0.3 is 24.8 Å². The largest absolute Gasteiger partial charge is 0.477 e. The summed E-state index contributed by atoms with van der Waals surface area (Å²) in [5.41, 5.74) is 0.976. The van der Waals surface area contributed by atoms with Crippen molar-refractivity contribution in [3.8, 4) is 5.88 Å². The maximum atomic E-state index is 12.8. The number of ether oxygens (including phenoxy) is 3. The first kappa shape index (κ1) is 23.1. The van der Waals surface area contributed by atoms with Crippen LogP contribution in [0.1, 0.15) is 35.8 Å². The van der Waals surface area contributed by atoms with Gasteiger partial charge in [0.15, 0.2) is 0 Å². The Morgan fingerprint density at radius 1 is 1.06 bits per heavy atom. The smallest absolute Gasteiger partial charge is 0.344 e. The molecule has 1 aromatic carbocycles. The van der Waals surface area contributed by atoms with Crippen molar-refractivity contribution in [1.29, 1.82) is 0 Å². The van der Waals surface area contributed by atoms with Crippen molar-refractivity contribution < 1.29 is 28.6 Å². The van der Waals surface area contributed by atoms with Crippen LogP contribution in [-0.4, -0.2) is 42.8 Å². The summed E-state index contributed by atoms with van der Waals surface area (Å²) in [4.78, 5) is 41.7. The van der Waals surface area contributed by atoms with Gasteiger partial charge in [0.25, 0.3) is 0 Å². The van der Waals surface area contributed by atoms with Crippen molar-refractivity contribution in [1.82, 2.24) is 15.6 Å². The van der Waals surface area contributed by atoms with Gasteiger partial charge in [-0.25, -0.2) is 19.4 Å². The topological polar surface area (TPSA) is 116 Å². The third-order valence-corrected chi connectivity index (χ3v) is 4.72. The molecule has 0 fully saturated rings. The molecule has 0 saturated carbocycles. The highest BCUT2D eigenvalue weighted by Gasteiger charge is 2.34. The van der Waals surface area contributed by atoms with E-state index in [2.05, 4.69) is 15.6 Å². The molecule has 168 valence electrons. The predicted molar refractivity (Wildman–Crippen MR) is 115 cm³/mol. The number of amides is 2. The maximum absolute atomic E-state index is 12.8. The van der Waals surface area contributed by atoms with Crippen LogP contribution in [0.25, 0.3) is 0 Å². The van der Waals surface area contributed by atoms with Gasteiger partial charge in [0, 0.05) is 11.2 Å². The highest BCUT2D eigenvalue weighted by Crippen LogP contribution is 2.29. The average molecular weight is 460 g/mol. The Morgan fingerprint density at radius 2 is 1.81 bits per heavy atom. The van der Waals surface area contributed by atoms with Crippen molar-refractivity contribution in [2.45, 2.75) is 19.9 Å². The molecule has 1 aliphatic heterocycles. The number of aromatic nitrogens is 1. The number of urea groups is 1. The van der Waals surface area contributed by atoms with Gasteiger partial charge in [-0.3, -0.25) is 0 Å². The quantitative estimate of drug-likeness (QED) is 0.582. The number of pyridine rings is 1. The summed E-state index contributed by atoms with van der Waals surface area (Å²) in [7, 11) is 0. The summed E-state index contributed by atoms with van der Waals surface area (Å²) in [5.74, 6) is -1.23. The lowest BCUT2D eigenvalue weighted by Gasteiger charge is -2.29. The molecule has 2 amide bonds. The van der Waals surface area contributed by atoms with Crippen LogP contribution in [0.3, 0.4) is 0 Å². The minimum Gasteiger partial charge on any atom is -0.477 e. The SMILES string of the molecule is CCOC(=O)C1=C(COC(=O)c2cccnc2OCC)NC(=O)NC1c1ccc(Cl)cc1. The number of hydrogen-bond donors (Lipinski definition) is 2. The lowest BCUT2D eigenvalue weighted by atomic mass is 9.95. The fourth-order valence-electron chi connectivity index (χ4n) is 3.10. The molecular formula is C22H22ClN3O6. The van der Waals surface area contributed by atoms with E-state index in [4.69, 9.17) is 25.8 Å². The van der Waals surface area contributed by atoms with E-state index in [0.29, 0.717) is 17.2 Å². The molecule has 2 aromatic rings. The highest BCUT2D eigenvalue weighted by molar-refractivity contribution is 6.30. The average Bonchev–Trinajstić information content (AvgIpc) is 2.78. The molecule has 10 heteroatoms. The monoisotopic (exact) mass is 459 g/mol. The third-order valence-electron chi connectivity index (χ3n) is 4.47. The Hall–Kier alpha value is -3.59. The first-order valence-corrected chi connectivity index (χ1v) is 10.3. The molecule has 1 unspecified atom stereocenters. The van der Waals surface area contributed by atoms with Gasteiger partial charge in [0.05, 0.1) is 30.5 Å². The molecule has 0 spiro atoms. The van der Waals surface area contributed by atoms with Crippen LogP contribution in [0.2, 0.25) is 5.02 Å². The van der Waals surface area contributed by atoms with Crippen LogP contribution >= 0.6 is 11.6 Å². The predicted octanol–water partition coefficient (Wildman–Crippen LogP) is 3.16. The van der Waals surface area contributed by atoms with Crippen LogP contribution < -0.4 is 15.4 Å². The van der Waals surface area contributed by atoms with Gasteiger partial charge in [0.2, 0.25) is 5.88 Å². The van der Waals surface area contributed by atoms with Gasteiger partial charge in [0.1, 0.15) is 12.2 Å². The second kappa shape index (κ2) is 10.6. The van der Waals surface area contributed by atoms with Gasteiger partial charge in [-0.2, -0.15) is 0 Å². The summed E-state index contributed by atoms with van der Waals surface area (Å²) in [6, 6.07) is 8.38. The standard InChI is InChI=1S/C22H22ClN3O6/c1-3-30-19-15(6-5-11-24-19)20(27)32-12-16-17(21(28)31-4-2)18(26-22(29)25-16)13-7-9-14(23)10-8-13/h5-11,18H,3-4,12H2,1-2H3,(H2,25,26,29). The Labute approximate surface area is 189 Å². The van der Waals surface area contributed by atoms with E-state index >= 15 is 0 Å². The number of hydrogen-bond acceptors (Lipinski definition) is 7. The van der Waals surface area contributed by atoms with Crippen molar-refractivity contribution in [3.05, 3.63) is 70.0 Å². The van der Waals surface area contributed by atoms with E-state index in [1.165, 1.54) is 12.3 Å². The number of rotatable bonds is 8. The zero-order valence-electron chi connectivity index (χ0n) is 17.5. The molecule has 0 aliphatic carbocycles. The molecule has 2 N–H and O–H groups in total. The molecule has 9 nitrogen and oxygen atoms in total. The Kier molecular flexibility index (Phi) is 7.67. The molecule has 0 radical (unpaired) electrons. The molecule has 1 atom stereocenters. The molecule has 1 aliphatic rings. The van der Waals surface area contributed by atoms with Gasteiger partial charge >= 0.3 is 18.0 Å². The van der Waals surface area contributed by atoms with Crippen molar-refractivity contribution in [2.75, 3.05) is 19.8 Å². The van der Waals surface area contributed by atoms with E-state index < -0.39 is 24.0 Å². The van der Waals surface area contributed by atoms with Gasteiger partial charge in [-0.15, -0.1) is 0 Å². The number of halogens is 1. The molecular weight excluding hydrogens is 438 g/mol. The second-order valence-corrected chi connectivity index (χ2v) is 7.00. The van der Waals surface area contributed by atoms with Crippen molar-refractivity contribution >= 4 is 29.6 Å². The normalized spacial score (nSPS) is 15.5. The van der Waals surface area contributed by atoms with Crippen LogP contribution in [0.5, 0.6) is 5.88 Å². The van der Waals surface area contributed by atoms with E-state index in [-0.39, 0.29) is 35.9 Å². The van der Waals surface area contributed by atoms with E-state index in [1.54, 1.807) is 44.2 Å². The van der Waals surface area contributed by atoms with Gasteiger partial charge in [-0.05, 0) is 43.7 Å². The summed E-state index contributed by atoms with van der Waals surface area (Å²) >= 11 is 5.96. The van der Waals surface area contributed by atoms with Crippen LogP contribution in [0, 0.1) is 0 Å². The van der Waals surface area contributed by atoms with E-state index in [1.807, 2.05) is 0 Å². The first-order chi connectivity index (χ1) is 15.4. The minimum absolute atomic E-state index is 0.113. The van der Waals surface area contributed by atoms with Crippen molar-refractivity contribution in [2.24, 2.45) is 0 Å². The summed E-state index contributed by atoms with van der Waals surface area (Å²) in [6.45, 7) is 3.51. The van der Waals surface area contributed by atoms with Gasteiger partial charge in [-0.1, -0.05) is 23.7 Å². The lowest BCUT2D eigenvalue weighted by molar-refractivity contribution is -0.139. The molecule has 32 heavy (non-hydrogen) atoms. The fourth-order valence-corrected chi connectivity index (χ4v) is 3.23. The minimum atomic E-state index is -0.814. The third kappa shape index (κ3) is 5.36. The number of esters is 2. The summed E-state index contributed by atoms with van der Waals surface area (Å²) in [6.07, 6.45) is 1.49. The Bertz CT molecular complexity index is 1040. The van der Waals surface area contributed by atoms with Crippen LogP contribution in [0.4, 0.5) is 4.79 Å². The van der Waals surface area contributed by atoms with E-state index in [9.17, 15) is 14.4 Å². The summed E-state index contributed by atoms with van der Waals surface area (Å²) < 4.78 is 15.9. The zero-order chi connectivity index (χ0) is 23.1. The number of benzene rings is 1. The number of carbonyl (C=O) groups excluding carboxylic acids is 3. The van der Waals surface area contributed by atoms with Crippen LogP contribution in [0.15, 0.2) is 53.9 Å².